The van der Waals surface area contributed by atoms with Gasteiger partial charge in [-0.2, -0.15) is 0 Å². The maximum absolute atomic E-state index is 12.3. The predicted octanol–water partition coefficient (Wildman–Crippen LogP) is 4.52. The Labute approximate surface area is 140 Å². The maximum atomic E-state index is 12.3. The van der Waals surface area contributed by atoms with Gasteiger partial charge in [-0.05, 0) is 49.2 Å². The third-order valence-corrected chi connectivity index (χ3v) is 3.95. The SMILES string of the molecule is CC(C)(C(=O)NOCc1ccc(Cl)cc1)c1ccc(Cl)cc1. The van der Waals surface area contributed by atoms with Crippen LogP contribution in [0.4, 0.5) is 0 Å². The lowest BCUT2D eigenvalue weighted by molar-refractivity contribution is -0.139. The molecule has 22 heavy (non-hydrogen) atoms. The smallest absolute Gasteiger partial charge is 0.253 e. The first kappa shape index (κ1) is 16.8. The van der Waals surface area contributed by atoms with Crippen LogP contribution in [0.2, 0.25) is 10.0 Å². The lowest BCUT2D eigenvalue weighted by Crippen LogP contribution is -2.39. The Kier molecular flexibility index (Phi) is 5.46. The summed E-state index contributed by atoms with van der Waals surface area (Å²) in [6, 6.07) is 14.4. The van der Waals surface area contributed by atoms with Crippen LogP contribution in [-0.4, -0.2) is 5.91 Å². The fourth-order valence-corrected chi connectivity index (χ4v) is 2.14. The first-order chi connectivity index (χ1) is 10.4. The van der Waals surface area contributed by atoms with Crippen LogP contribution in [0.1, 0.15) is 25.0 Å². The number of carbonyl (C=O) groups excluding carboxylic acids is 1. The number of hydrogen-bond acceptors (Lipinski definition) is 2. The quantitative estimate of drug-likeness (QED) is 0.814. The third-order valence-electron chi connectivity index (χ3n) is 3.45. The highest BCUT2D eigenvalue weighted by Crippen LogP contribution is 2.24. The zero-order valence-corrected chi connectivity index (χ0v) is 13.9. The predicted molar refractivity (Wildman–Crippen MR) is 88.9 cm³/mol. The highest BCUT2D eigenvalue weighted by atomic mass is 35.5. The van der Waals surface area contributed by atoms with E-state index in [2.05, 4.69) is 5.48 Å². The fraction of sp³-hybridized carbons (Fsp3) is 0.235. The molecule has 0 aliphatic carbocycles. The molecule has 0 spiro atoms. The minimum atomic E-state index is -0.718. The van der Waals surface area contributed by atoms with Gasteiger partial charge in [0.25, 0.3) is 5.91 Å². The van der Waals surface area contributed by atoms with Crippen molar-refractivity contribution in [3.8, 4) is 0 Å². The number of halogens is 2. The monoisotopic (exact) mass is 337 g/mol. The summed E-state index contributed by atoms with van der Waals surface area (Å²) < 4.78 is 0. The van der Waals surface area contributed by atoms with Crippen molar-refractivity contribution in [3.63, 3.8) is 0 Å². The lowest BCUT2D eigenvalue weighted by Gasteiger charge is -2.23. The largest absolute Gasteiger partial charge is 0.272 e. The molecular weight excluding hydrogens is 321 g/mol. The molecule has 2 aromatic carbocycles. The molecule has 0 aliphatic heterocycles. The van der Waals surface area contributed by atoms with Gasteiger partial charge in [-0.3, -0.25) is 9.63 Å². The van der Waals surface area contributed by atoms with Gasteiger partial charge in [0.1, 0.15) is 0 Å². The number of rotatable bonds is 5. The van der Waals surface area contributed by atoms with E-state index in [1.54, 1.807) is 24.3 Å². The van der Waals surface area contributed by atoms with Crippen LogP contribution in [0.5, 0.6) is 0 Å². The molecule has 3 nitrogen and oxygen atoms in total. The standard InChI is InChI=1S/C17H17Cl2NO2/c1-17(2,13-5-9-15(19)10-6-13)16(21)20-22-11-12-3-7-14(18)8-4-12/h3-10H,11H2,1-2H3,(H,20,21). The average molecular weight is 338 g/mol. The van der Waals surface area contributed by atoms with Crippen molar-refractivity contribution in [1.82, 2.24) is 5.48 Å². The fourth-order valence-electron chi connectivity index (χ4n) is 1.89. The van der Waals surface area contributed by atoms with Gasteiger partial charge in [0.2, 0.25) is 0 Å². The lowest BCUT2D eigenvalue weighted by atomic mass is 9.84. The van der Waals surface area contributed by atoms with Crippen LogP contribution in [-0.2, 0) is 21.7 Å². The Morgan fingerprint density at radius 1 is 1.00 bits per heavy atom. The summed E-state index contributed by atoms with van der Waals surface area (Å²) in [6.07, 6.45) is 0. The molecule has 0 bridgehead atoms. The first-order valence-electron chi connectivity index (χ1n) is 6.82. The number of amides is 1. The van der Waals surface area contributed by atoms with E-state index in [4.69, 9.17) is 28.0 Å². The zero-order chi connectivity index (χ0) is 16.2. The summed E-state index contributed by atoms with van der Waals surface area (Å²) in [5.74, 6) is -0.219. The van der Waals surface area contributed by atoms with Crippen molar-refractivity contribution in [2.45, 2.75) is 25.9 Å². The zero-order valence-electron chi connectivity index (χ0n) is 12.4. The van der Waals surface area contributed by atoms with E-state index >= 15 is 0 Å². The van der Waals surface area contributed by atoms with Crippen molar-refractivity contribution >= 4 is 29.1 Å². The Morgan fingerprint density at radius 3 is 2.05 bits per heavy atom. The Balaban J connectivity index is 1.93. The Morgan fingerprint density at radius 2 is 1.50 bits per heavy atom. The van der Waals surface area contributed by atoms with Crippen LogP contribution in [0, 0.1) is 0 Å². The second-order valence-electron chi connectivity index (χ2n) is 5.48. The van der Waals surface area contributed by atoms with Crippen LogP contribution in [0.15, 0.2) is 48.5 Å². The molecule has 1 amide bonds. The van der Waals surface area contributed by atoms with Crippen molar-refractivity contribution in [1.29, 1.82) is 0 Å². The molecule has 1 N–H and O–H groups in total. The van der Waals surface area contributed by atoms with Crippen LogP contribution < -0.4 is 5.48 Å². The molecule has 0 aromatic heterocycles. The van der Waals surface area contributed by atoms with Gasteiger partial charge in [-0.15, -0.1) is 0 Å². The average Bonchev–Trinajstić information content (AvgIpc) is 2.49. The molecule has 2 aromatic rings. The molecule has 5 heteroatoms. The van der Waals surface area contributed by atoms with E-state index < -0.39 is 5.41 Å². The van der Waals surface area contributed by atoms with Crippen molar-refractivity contribution in [3.05, 3.63) is 69.7 Å². The van der Waals surface area contributed by atoms with Gasteiger partial charge in [-0.1, -0.05) is 47.5 Å². The summed E-state index contributed by atoms with van der Waals surface area (Å²) in [7, 11) is 0. The van der Waals surface area contributed by atoms with E-state index in [1.165, 1.54) is 0 Å². The molecule has 0 unspecified atom stereocenters. The minimum Gasteiger partial charge on any atom is -0.272 e. The molecule has 0 saturated heterocycles. The van der Waals surface area contributed by atoms with Gasteiger partial charge in [0, 0.05) is 10.0 Å². The van der Waals surface area contributed by atoms with Gasteiger partial charge in [-0.25, -0.2) is 5.48 Å². The van der Waals surface area contributed by atoms with Gasteiger partial charge in [0.05, 0.1) is 12.0 Å². The second-order valence-corrected chi connectivity index (χ2v) is 6.35. The van der Waals surface area contributed by atoms with Crippen LogP contribution in [0.3, 0.4) is 0 Å². The normalized spacial score (nSPS) is 11.3. The molecule has 116 valence electrons. The summed E-state index contributed by atoms with van der Waals surface area (Å²) in [5, 5.41) is 1.30. The summed E-state index contributed by atoms with van der Waals surface area (Å²) >= 11 is 11.7. The van der Waals surface area contributed by atoms with Gasteiger partial charge < -0.3 is 0 Å². The number of carbonyl (C=O) groups is 1. The molecule has 0 aliphatic rings. The summed E-state index contributed by atoms with van der Waals surface area (Å²) in [6.45, 7) is 3.94. The Bertz CT molecular complexity index is 637. The first-order valence-corrected chi connectivity index (χ1v) is 7.58. The third kappa shape index (κ3) is 4.23. The van der Waals surface area contributed by atoms with Crippen molar-refractivity contribution in [2.24, 2.45) is 0 Å². The van der Waals surface area contributed by atoms with E-state index in [-0.39, 0.29) is 12.5 Å². The topological polar surface area (TPSA) is 38.3 Å². The summed E-state index contributed by atoms with van der Waals surface area (Å²) in [4.78, 5) is 17.6. The molecular formula is C17H17Cl2NO2. The molecule has 0 saturated carbocycles. The second kappa shape index (κ2) is 7.14. The number of hydrogen-bond donors (Lipinski definition) is 1. The molecule has 0 radical (unpaired) electrons. The molecule has 0 heterocycles. The van der Waals surface area contributed by atoms with Crippen molar-refractivity contribution in [2.75, 3.05) is 0 Å². The molecule has 2 rings (SSSR count). The van der Waals surface area contributed by atoms with Crippen molar-refractivity contribution < 1.29 is 9.63 Å². The van der Waals surface area contributed by atoms with Crippen LogP contribution in [0.25, 0.3) is 0 Å². The number of nitrogens with one attached hydrogen (secondary N) is 1. The Hall–Kier alpha value is -1.55. The van der Waals surface area contributed by atoms with Gasteiger partial charge >= 0.3 is 0 Å². The van der Waals surface area contributed by atoms with Gasteiger partial charge in [0.15, 0.2) is 0 Å². The van der Waals surface area contributed by atoms with E-state index in [0.717, 1.165) is 11.1 Å². The van der Waals surface area contributed by atoms with Crippen LogP contribution >= 0.6 is 23.2 Å². The minimum absolute atomic E-state index is 0.219. The number of benzene rings is 2. The highest BCUT2D eigenvalue weighted by Gasteiger charge is 2.29. The highest BCUT2D eigenvalue weighted by molar-refractivity contribution is 6.30. The summed E-state index contributed by atoms with van der Waals surface area (Å²) in [5.41, 5.74) is 3.57. The van der Waals surface area contributed by atoms with E-state index in [1.807, 2.05) is 38.1 Å². The van der Waals surface area contributed by atoms with E-state index in [9.17, 15) is 4.79 Å². The van der Waals surface area contributed by atoms with E-state index in [0.29, 0.717) is 10.0 Å². The number of hydroxylamine groups is 1. The molecule has 0 fully saturated rings. The molecule has 0 atom stereocenters. The maximum Gasteiger partial charge on any atom is 0.253 e.